The quantitative estimate of drug-likeness (QED) is 0.347. The Morgan fingerprint density at radius 2 is 2.00 bits per heavy atom. The third-order valence-corrected chi connectivity index (χ3v) is 5.02. The van der Waals surface area contributed by atoms with Crippen LogP contribution in [0.2, 0.25) is 5.02 Å². The Balaban J connectivity index is 1.67. The van der Waals surface area contributed by atoms with Crippen molar-refractivity contribution in [3.8, 4) is 28.5 Å². The topological polar surface area (TPSA) is 65.0 Å². The van der Waals surface area contributed by atoms with Gasteiger partial charge in [-0.3, -0.25) is 5.43 Å². The highest BCUT2D eigenvalue weighted by Crippen LogP contribution is 2.34. The van der Waals surface area contributed by atoms with E-state index < -0.39 is 0 Å². The molecule has 1 N–H and O–H groups in total. The zero-order chi connectivity index (χ0) is 20.6. The van der Waals surface area contributed by atoms with Crippen molar-refractivity contribution in [2.75, 3.05) is 26.3 Å². The average molecular weight is 432 g/mol. The monoisotopic (exact) mass is 431 g/mol. The van der Waals surface area contributed by atoms with Crippen LogP contribution in [-0.4, -0.2) is 32.0 Å². The Hall–Kier alpha value is -2.77. The van der Waals surface area contributed by atoms with Crippen molar-refractivity contribution < 1.29 is 14.2 Å². The number of nitrogens with one attached hydrogen (secondary N) is 1. The minimum atomic E-state index is 0.561. The number of rotatable bonds is 9. The van der Waals surface area contributed by atoms with E-state index in [-0.39, 0.29) is 0 Å². The van der Waals surface area contributed by atoms with Gasteiger partial charge in [-0.25, -0.2) is 4.98 Å². The molecule has 0 amide bonds. The minimum Gasteiger partial charge on any atom is -0.497 e. The van der Waals surface area contributed by atoms with Gasteiger partial charge in [0.25, 0.3) is 0 Å². The van der Waals surface area contributed by atoms with Gasteiger partial charge in [-0.2, -0.15) is 5.10 Å². The molecule has 0 saturated carbocycles. The molecule has 3 aromatic rings. The fourth-order valence-corrected chi connectivity index (χ4v) is 3.45. The summed E-state index contributed by atoms with van der Waals surface area (Å²) in [5.74, 6) is 2.11. The highest BCUT2D eigenvalue weighted by Gasteiger charge is 2.11. The normalized spacial score (nSPS) is 10.9. The van der Waals surface area contributed by atoms with E-state index in [0.29, 0.717) is 28.3 Å². The van der Waals surface area contributed by atoms with Crippen molar-refractivity contribution in [3.63, 3.8) is 0 Å². The zero-order valence-corrected chi connectivity index (χ0v) is 18.0. The first kappa shape index (κ1) is 21.0. The summed E-state index contributed by atoms with van der Waals surface area (Å²) in [6.45, 7) is 2.69. The van der Waals surface area contributed by atoms with Gasteiger partial charge in [0.2, 0.25) is 5.13 Å². The van der Waals surface area contributed by atoms with E-state index in [0.717, 1.165) is 29.0 Å². The molecule has 0 radical (unpaired) electrons. The maximum Gasteiger partial charge on any atom is 0.203 e. The molecule has 0 fully saturated rings. The van der Waals surface area contributed by atoms with Crippen LogP contribution in [0, 0.1) is 0 Å². The van der Waals surface area contributed by atoms with E-state index in [1.165, 1.54) is 11.3 Å². The van der Waals surface area contributed by atoms with Crippen LogP contribution in [-0.2, 0) is 0 Å². The van der Waals surface area contributed by atoms with Crippen LogP contribution >= 0.6 is 22.9 Å². The molecule has 0 spiro atoms. The van der Waals surface area contributed by atoms with Crippen molar-refractivity contribution >= 4 is 34.3 Å². The van der Waals surface area contributed by atoms with Gasteiger partial charge >= 0.3 is 0 Å². The lowest BCUT2D eigenvalue weighted by molar-refractivity contribution is 0.317. The van der Waals surface area contributed by atoms with Crippen LogP contribution in [0.15, 0.2) is 46.9 Å². The smallest absolute Gasteiger partial charge is 0.203 e. The first-order valence-corrected chi connectivity index (χ1v) is 10.3. The van der Waals surface area contributed by atoms with Gasteiger partial charge in [0.15, 0.2) is 0 Å². The number of aromatic nitrogens is 1. The second-order valence-corrected chi connectivity index (χ2v) is 7.28. The fraction of sp³-hybridized carbons (Fsp3) is 0.238. The van der Waals surface area contributed by atoms with Crippen molar-refractivity contribution in [2.24, 2.45) is 5.10 Å². The first-order valence-electron chi connectivity index (χ1n) is 9.04. The molecule has 8 heteroatoms. The standard InChI is InChI=1S/C21H22ClN3O3S/c1-4-9-28-19-8-5-14(10-17(19)22)12-23-25-21-24-18(13-29-21)16-7-6-15(26-2)11-20(16)27-3/h5-8,10-13H,4,9H2,1-3H3,(H,24,25)/b23-12-. The Labute approximate surface area is 179 Å². The molecule has 0 bridgehead atoms. The number of hydrazone groups is 1. The third kappa shape index (κ3) is 5.40. The molecule has 0 aliphatic carbocycles. The van der Waals surface area contributed by atoms with E-state index in [1.807, 2.05) is 41.8 Å². The Morgan fingerprint density at radius 1 is 1.14 bits per heavy atom. The van der Waals surface area contributed by atoms with Crippen LogP contribution < -0.4 is 19.6 Å². The molecule has 29 heavy (non-hydrogen) atoms. The Kier molecular flexibility index (Phi) is 7.32. The molecule has 6 nitrogen and oxygen atoms in total. The molecule has 1 heterocycles. The zero-order valence-electron chi connectivity index (χ0n) is 16.4. The number of nitrogens with zero attached hydrogens (tertiary/aromatic N) is 2. The molecular formula is C21H22ClN3O3S. The number of methoxy groups -OCH3 is 2. The van der Waals surface area contributed by atoms with Crippen LogP contribution in [0.5, 0.6) is 17.2 Å². The van der Waals surface area contributed by atoms with Gasteiger partial charge < -0.3 is 14.2 Å². The number of hydrogen-bond acceptors (Lipinski definition) is 7. The molecule has 0 aliphatic heterocycles. The summed E-state index contributed by atoms with van der Waals surface area (Å²) in [5.41, 5.74) is 5.49. The molecule has 1 aromatic heterocycles. The van der Waals surface area contributed by atoms with E-state index in [9.17, 15) is 0 Å². The van der Waals surface area contributed by atoms with Crippen molar-refractivity contribution in [2.45, 2.75) is 13.3 Å². The van der Waals surface area contributed by atoms with Gasteiger partial charge in [-0.15, -0.1) is 11.3 Å². The third-order valence-electron chi connectivity index (χ3n) is 3.98. The lowest BCUT2D eigenvalue weighted by Crippen LogP contribution is -1.96. The minimum absolute atomic E-state index is 0.561. The summed E-state index contributed by atoms with van der Waals surface area (Å²) in [4.78, 5) is 4.57. The summed E-state index contributed by atoms with van der Waals surface area (Å²) in [6, 6.07) is 11.2. The van der Waals surface area contributed by atoms with E-state index in [1.54, 1.807) is 20.4 Å². The summed E-state index contributed by atoms with van der Waals surface area (Å²) in [5, 5.41) is 7.42. The number of hydrogen-bond donors (Lipinski definition) is 1. The summed E-state index contributed by atoms with van der Waals surface area (Å²) < 4.78 is 16.3. The lowest BCUT2D eigenvalue weighted by atomic mass is 10.1. The van der Waals surface area contributed by atoms with Gasteiger partial charge in [0, 0.05) is 17.0 Å². The Bertz CT molecular complexity index is 991. The first-order chi connectivity index (χ1) is 14.1. The van der Waals surface area contributed by atoms with Crippen molar-refractivity contribution in [1.82, 2.24) is 4.98 Å². The summed E-state index contributed by atoms with van der Waals surface area (Å²) >= 11 is 7.70. The van der Waals surface area contributed by atoms with Gasteiger partial charge in [-0.1, -0.05) is 18.5 Å². The van der Waals surface area contributed by atoms with Crippen LogP contribution in [0.25, 0.3) is 11.3 Å². The maximum atomic E-state index is 6.24. The number of ether oxygens (including phenoxy) is 3. The van der Waals surface area contributed by atoms with Gasteiger partial charge in [-0.05, 0) is 42.3 Å². The summed E-state index contributed by atoms with van der Waals surface area (Å²) in [7, 11) is 3.24. The van der Waals surface area contributed by atoms with E-state index in [2.05, 4.69) is 22.4 Å². The molecule has 0 aliphatic rings. The van der Waals surface area contributed by atoms with Crippen LogP contribution in [0.4, 0.5) is 5.13 Å². The molecule has 0 atom stereocenters. The SMILES string of the molecule is CCCOc1ccc(/C=N\Nc2nc(-c3ccc(OC)cc3OC)cs2)cc1Cl. The summed E-state index contributed by atoms with van der Waals surface area (Å²) in [6.07, 6.45) is 2.62. The lowest BCUT2D eigenvalue weighted by Gasteiger charge is -2.08. The van der Waals surface area contributed by atoms with Gasteiger partial charge in [0.05, 0.1) is 37.8 Å². The molecule has 0 saturated heterocycles. The van der Waals surface area contributed by atoms with Crippen LogP contribution in [0.1, 0.15) is 18.9 Å². The van der Waals surface area contributed by atoms with Crippen molar-refractivity contribution in [1.29, 1.82) is 0 Å². The molecule has 0 unspecified atom stereocenters. The fourth-order valence-electron chi connectivity index (χ4n) is 2.55. The number of thiazole rings is 1. The predicted octanol–water partition coefficient (Wildman–Crippen LogP) is 5.72. The van der Waals surface area contributed by atoms with E-state index >= 15 is 0 Å². The van der Waals surface area contributed by atoms with Crippen LogP contribution in [0.3, 0.4) is 0 Å². The van der Waals surface area contributed by atoms with Gasteiger partial charge in [0.1, 0.15) is 17.2 Å². The molecule has 152 valence electrons. The van der Waals surface area contributed by atoms with Crippen molar-refractivity contribution in [3.05, 3.63) is 52.4 Å². The van der Waals surface area contributed by atoms with E-state index in [4.69, 9.17) is 25.8 Å². The average Bonchev–Trinajstić information content (AvgIpc) is 3.21. The maximum absolute atomic E-state index is 6.24. The largest absolute Gasteiger partial charge is 0.497 e. The molecule has 3 rings (SSSR count). The highest BCUT2D eigenvalue weighted by molar-refractivity contribution is 7.14. The molecular weight excluding hydrogens is 410 g/mol. The number of halogens is 1. The second kappa shape index (κ2) is 10.1. The highest BCUT2D eigenvalue weighted by atomic mass is 35.5. The number of anilines is 1. The number of benzene rings is 2. The molecule has 2 aromatic carbocycles. The Morgan fingerprint density at radius 3 is 2.72 bits per heavy atom. The second-order valence-electron chi connectivity index (χ2n) is 6.01. The predicted molar refractivity (Wildman–Crippen MR) is 119 cm³/mol.